The number of nitrogens with zero attached hydrogens (tertiary/aromatic N) is 1. The average molecular weight is 249 g/mol. The summed E-state index contributed by atoms with van der Waals surface area (Å²) in [5.74, 6) is 0. The molecule has 1 atom stereocenters. The van der Waals surface area contributed by atoms with Crippen molar-refractivity contribution in [3.8, 4) is 0 Å². The van der Waals surface area contributed by atoms with Crippen molar-refractivity contribution in [3.05, 3.63) is 42.5 Å². The third kappa shape index (κ3) is 4.90. The smallest absolute Gasteiger partial charge is 0.0948 e. The molecule has 0 aromatic heterocycles. The average Bonchev–Trinajstić information content (AvgIpc) is 2.36. The molecule has 0 saturated carbocycles. The molecule has 0 amide bonds. The summed E-state index contributed by atoms with van der Waals surface area (Å²) < 4.78 is 5.25. The molecule has 0 heterocycles. The molecular weight excluding hydrogens is 226 g/mol. The maximum atomic E-state index is 9.91. The van der Waals surface area contributed by atoms with Crippen LogP contribution in [-0.4, -0.2) is 37.5 Å². The van der Waals surface area contributed by atoms with E-state index < -0.39 is 6.10 Å². The SMILES string of the molecule is C=CCOCC(O)CN(CC)c1cccc(C)c1. The third-order valence-corrected chi connectivity index (χ3v) is 2.73. The lowest BCUT2D eigenvalue weighted by molar-refractivity contribution is 0.0533. The second kappa shape index (κ2) is 7.90. The number of anilines is 1. The molecule has 3 heteroatoms. The Balaban J connectivity index is 2.53. The van der Waals surface area contributed by atoms with Crippen LogP contribution in [0.15, 0.2) is 36.9 Å². The van der Waals surface area contributed by atoms with Gasteiger partial charge in [-0.05, 0) is 31.5 Å². The lowest BCUT2D eigenvalue weighted by atomic mass is 10.2. The van der Waals surface area contributed by atoms with E-state index in [1.807, 2.05) is 6.07 Å². The lowest BCUT2D eigenvalue weighted by Crippen LogP contribution is -2.35. The number of hydrogen-bond donors (Lipinski definition) is 1. The van der Waals surface area contributed by atoms with Crippen LogP contribution < -0.4 is 4.90 Å². The van der Waals surface area contributed by atoms with E-state index in [-0.39, 0.29) is 0 Å². The number of ether oxygens (including phenoxy) is 1. The standard InChI is InChI=1S/C15H23NO2/c1-4-9-18-12-15(17)11-16(5-2)14-8-6-7-13(3)10-14/h4,6-8,10,15,17H,1,5,9,11-12H2,2-3H3. The maximum absolute atomic E-state index is 9.91. The minimum atomic E-state index is -0.481. The zero-order valence-electron chi connectivity index (χ0n) is 11.3. The van der Waals surface area contributed by atoms with Crippen molar-refractivity contribution >= 4 is 5.69 Å². The summed E-state index contributed by atoms with van der Waals surface area (Å²) in [7, 11) is 0. The molecule has 0 fully saturated rings. The van der Waals surface area contributed by atoms with Gasteiger partial charge in [0, 0.05) is 18.8 Å². The van der Waals surface area contributed by atoms with Crippen LogP contribution in [0, 0.1) is 6.92 Å². The Bertz CT molecular complexity index is 365. The summed E-state index contributed by atoms with van der Waals surface area (Å²) in [5.41, 5.74) is 2.36. The van der Waals surface area contributed by atoms with E-state index >= 15 is 0 Å². The number of aryl methyl sites for hydroxylation is 1. The van der Waals surface area contributed by atoms with Crippen LogP contribution in [0.25, 0.3) is 0 Å². The Labute approximate surface area is 110 Å². The molecule has 1 aromatic rings. The molecule has 1 aromatic carbocycles. The van der Waals surface area contributed by atoms with Gasteiger partial charge >= 0.3 is 0 Å². The Hall–Kier alpha value is -1.32. The van der Waals surface area contributed by atoms with E-state index in [0.29, 0.717) is 19.8 Å². The molecule has 0 spiro atoms. The number of hydrogen-bond acceptors (Lipinski definition) is 3. The van der Waals surface area contributed by atoms with Crippen LogP contribution in [0.1, 0.15) is 12.5 Å². The van der Waals surface area contributed by atoms with Crippen molar-refractivity contribution in [1.82, 2.24) is 0 Å². The molecule has 3 nitrogen and oxygen atoms in total. The van der Waals surface area contributed by atoms with Crippen LogP contribution in [0.2, 0.25) is 0 Å². The largest absolute Gasteiger partial charge is 0.389 e. The summed E-state index contributed by atoms with van der Waals surface area (Å²) >= 11 is 0. The van der Waals surface area contributed by atoms with Gasteiger partial charge in [0.05, 0.1) is 19.3 Å². The van der Waals surface area contributed by atoms with Crippen LogP contribution in [0.5, 0.6) is 0 Å². The van der Waals surface area contributed by atoms with Crippen molar-refractivity contribution in [3.63, 3.8) is 0 Å². The van der Waals surface area contributed by atoms with Crippen LogP contribution >= 0.6 is 0 Å². The molecule has 0 bridgehead atoms. The Kier molecular flexibility index (Phi) is 6.47. The normalized spacial score (nSPS) is 12.2. The Morgan fingerprint density at radius 1 is 1.50 bits per heavy atom. The first-order chi connectivity index (χ1) is 8.67. The fourth-order valence-electron chi connectivity index (χ4n) is 1.84. The van der Waals surface area contributed by atoms with E-state index in [0.717, 1.165) is 12.2 Å². The van der Waals surface area contributed by atoms with E-state index in [9.17, 15) is 5.11 Å². The summed E-state index contributed by atoms with van der Waals surface area (Å²) in [5, 5.41) is 9.91. The van der Waals surface area contributed by atoms with Crippen molar-refractivity contribution in [2.45, 2.75) is 20.0 Å². The fraction of sp³-hybridized carbons (Fsp3) is 0.467. The molecule has 1 N–H and O–H groups in total. The summed E-state index contributed by atoms with van der Waals surface area (Å²) in [6.07, 6.45) is 1.20. The highest BCUT2D eigenvalue weighted by Crippen LogP contribution is 2.15. The predicted molar refractivity (Wildman–Crippen MR) is 76.1 cm³/mol. The fourth-order valence-corrected chi connectivity index (χ4v) is 1.84. The molecule has 1 rings (SSSR count). The van der Waals surface area contributed by atoms with Gasteiger partial charge in [0.1, 0.15) is 0 Å². The van der Waals surface area contributed by atoms with Gasteiger partial charge in [-0.3, -0.25) is 0 Å². The second-order valence-corrected chi connectivity index (χ2v) is 4.36. The molecule has 100 valence electrons. The first-order valence-electron chi connectivity index (χ1n) is 6.35. The summed E-state index contributed by atoms with van der Waals surface area (Å²) in [4.78, 5) is 2.15. The van der Waals surface area contributed by atoms with Crippen molar-refractivity contribution in [2.24, 2.45) is 0 Å². The lowest BCUT2D eigenvalue weighted by Gasteiger charge is -2.26. The number of aliphatic hydroxyl groups excluding tert-OH is 1. The topological polar surface area (TPSA) is 32.7 Å². The molecule has 0 saturated heterocycles. The molecule has 18 heavy (non-hydrogen) atoms. The van der Waals surface area contributed by atoms with E-state index in [2.05, 4.69) is 43.5 Å². The summed E-state index contributed by atoms with van der Waals surface area (Å²) in [6, 6.07) is 8.30. The van der Waals surface area contributed by atoms with Gasteiger partial charge in [0.15, 0.2) is 0 Å². The highest BCUT2D eigenvalue weighted by Gasteiger charge is 2.11. The summed E-state index contributed by atoms with van der Waals surface area (Å²) in [6.45, 7) is 9.99. The Morgan fingerprint density at radius 2 is 2.28 bits per heavy atom. The number of likely N-dealkylation sites (N-methyl/N-ethyl adjacent to an activating group) is 1. The van der Waals surface area contributed by atoms with Crippen LogP contribution in [0.3, 0.4) is 0 Å². The van der Waals surface area contributed by atoms with Crippen LogP contribution in [0.4, 0.5) is 5.69 Å². The zero-order chi connectivity index (χ0) is 13.4. The first kappa shape index (κ1) is 14.7. The predicted octanol–water partition coefficient (Wildman–Crippen LogP) is 2.38. The molecule has 0 aliphatic rings. The molecular formula is C15H23NO2. The number of benzene rings is 1. The van der Waals surface area contributed by atoms with Gasteiger partial charge in [0.2, 0.25) is 0 Å². The quantitative estimate of drug-likeness (QED) is 0.567. The van der Waals surface area contributed by atoms with E-state index in [1.165, 1.54) is 5.56 Å². The minimum absolute atomic E-state index is 0.342. The van der Waals surface area contributed by atoms with E-state index in [1.54, 1.807) is 6.08 Å². The first-order valence-corrected chi connectivity index (χ1v) is 6.35. The second-order valence-electron chi connectivity index (χ2n) is 4.36. The molecule has 0 radical (unpaired) electrons. The van der Waals surface area contributed by atoms with Gasteiger partial charge in [-0.15, -0.1) is 6.58 Å². The van der Waals surface area contributed by atoms with Gasteiger partial charge in [-0.2, -0.15) is 0 Å². The van der Waals surface area contributed by atoms with Crippen molar-refractivity contribution in [2.75, 3.05) is 31.2 Å². The van der Waals surface area contributed by atoms with Gasteiger partial charge in [-0.1, -0.05) is 18.2 Å². The molecule has 1 unspecified atom stereocenters. The zero-order valence-corrected chi connectivity index (χ0v) is 11.3. The minimum Gasteiger partial charge on any atom is -0.389 e. The van der Waals surface area contributed by atoms with Crippen LogP contribution in [-0.2, 0) is 4.74 Å². The maximum Gasteiger partial charge on any atom is 0.0948 e. The van der Waals surface area contributed by atoms with Gasteiger partial charge in [0.25, 0.3) is 0 Å². The van der Waals surface area contributed by atoms with E-state index in [4.69, 9.17) is 4.74 Å². The highest BCUT2D eigenvalue weighted by molar-refractivity contribution is 5.48. The monoisotopic (exact) mass is 249 g/mol. The van der Waals surface area contributed by atoms with Crippen molar-refractivity contribution in [1.29, 1.82) is 0 Å². The number of rotatable bonds is 8. The third-order valence-electron chi connectivity index (χ3n) is 2.73. The molecule has 0 aliphatic heterocycles. The van der Waals surface area contributed by atoms with Crippen molar-refractivity contribution < 1.29 is 9.84 Å². The van der Waals surface area contributed by atoms with Gasteiger partial charge < -0.3 is 14.7 Å². The Morgan fingerprint density at radius 3 is 2.89 bits per heavy atom. The molecule has 0 aliphatic carbocycles. The highest BCUT2D eigenvalue weighted by atomic mass is 16.5. The van der Waals surface area contributed by atoms with Gasteiger partial charge in [-0.25, -0.2) is 0 Å². The number of aliphatic hydroxyl groups is 1.